The Labute approximate surface area is 138 Å². The van der Waals surface area contributed by atoms with Gasteiger partial charge in [0.15, 0.2) is 0 Å². The fraction of sp³-hybridized carbons (Fsp3) is 0.250. The van der Waals surface area contributed by atoms with Crippen LogP contribution in [0.15, 0.2) is 48.5 Å². The van der Waals surface area contributed by atoms with Crippen LogP contribution >= 0.6 is 24.0 Å². The fourth-order valence-corrected chi connectivity index (χ4v) is 2.19. The highest BCUT2D eigenvalue weighted by molar-refractivity contribution is 6.30. The lowest BCUT2D eigenvalue weighted by atomic mass is 9.99. The van der Waals surface area contributed by atoms with Crippen molar-refractivity contribution in [2.24, 2.45) is 5.73 Å². The summed E-state index contributed by atoms with van der Waals surface area (Å²) in [5.74, 6) is 0. The Morgan fingerprint density at radius 1 is 0.955 bits per heavy atom. The largest absolute Gasteiger partial charge is 0.416 e. The zero-order valence-electron chi connectivity index (χ0n) is 11.6. The Kier molecular flexibility index (Phi) is 6.72. The van der Waals surface area contributed by atoms with Gasteiger partial charge in [-0.3, -0.25) is 0 Å². The molecule has 120 valence electrons. The maximum absolute atomic E-state index is 12.5. The molecule has 0 aliphatic rings. The summed E-state index contributed by atoms with van der Waals surface area (Å²) < 4.78 is 37.4. The molecule has 1 unspecified atom stereocenters. The van der Waals surface area contributed by atoms with Gasteiger partial charge in [-0.2, -0.15) is 13.2 Å². The van der Waals surface area contributed by atoms with Crippen molar-refractivity contribution in [1.29, 1.82) is 0 Å². The second-order valence-corrected chi connectivity index (χ2v) is 5.33. The summed E-state index contributed by atoms with van der Waals surface area (Å²) in [7, 11) is 0. The fourth-order valence-electron chi connectivity index (χ4n) is 2.06. The number of nitrogens with two attached hydrogens (primary N) is 1. The summed E-state index contributed by atoms with van der Waals surface area (Å²) in [6.45, 7) is 0. The molecule has 0 aliphatic carbocycles. The van der Waals surface area contributed by atoms with Crippen molar-refractivity contribution in [3.63, 3.8) is 0 Å². The van der Waals surface area contributed by atoms with Crippen molar-refractivity contribution in [1.82, 2.24) is 0 Å². The summed E-state index contributed by atoms with van der Waals surface area (Å²) >= 11 is 5.81. The lowest BCUT2D eigenvalue weighted by Gasteiger charge is -2.13. The molecule has 2 aromatic carbocycles. The van der Waals surface area contributed by atoms with E-state index in [4.69, 9.17) is 17.3 Å². The highest BCUT2D eigenvalue weighted by Gasteiger charge is 2.29. The van der Waals surface area contributed by atoms with Gasteiger partial charge >= 0.3 is 6.18 Å². The van der Waals surface area contributed by atoms with E-state index >= 15 is 0 Å². The average molecular weight is 350 g/mol. The molecule has 6 heteroatoms. The van der Waals surface area contributed by atoms with Crippen molar-refractivity contribution < 1.29 is 13.2 Å². The molecule has 0 heterocycles. The quantitative estimate of drug-likeness (QED) is 0.784. The van der Waals surface area contributed by atoms with Gasteiger partial charge in [0.05, 0.1) is 5.56 Å². The van der Waals surface area contributed by atoms with Crippen LogP contribution in [0.5, 0.6) is 0 Å². The molecule has 22 heavy (non-hydrogen) atoms. The zero-order chi connectivity index (χ0) is 15.5. The molecule has 0 radical (unpaired) electrons. The SMILES string of the molecule is Cl.NC(CCc1ccc(C(F)(F)F)cc1)c1ccc(Cl)cc1. The van der Waals surface area contributed by atoms with E-state index < -0.39 is 11.7 Å². The van der Waals surface area contributed by atoms with Gasteiger partial charge in [0.1, 0.15) is 0 Å². The third-order valence-corrected chi connectivity index (χ3v) is 3.58. The first-order chi connectivity index (χ1) is 9.86. The first kappa shape index (κ1) is 18.8. The molecule has 0 amide bonds. The number of benzene rings is 2. The second-order valence-electron chi connectivity index (χ2n) is 4.89. The molecule has 0 spiro atoms. The van der Waals surface area contributed by atoms with Crippen LogP contribution in [-0.2, 0) is 12.6 Å². The first-order valence-electron chi connectivity index (χ1n) is 6.53. The molecule has 0 aromatic heterocycles. The highest BCUT2D eigenvalue weighted by Crippen LogP contribution is 2.29. The van der Waals surface area contributed by atoms with Crippen LogP contribution in [0.3, 0.4) is 0 Å². The third-order valence-electron chi connectivity index (χ3n) is 3.32. The van der Waals surface area contributed by atoms with Gasteiger partial charge in [0.2, 0.25) is 0 Å². The first-order valence-corrected chi connectivity index (χ1v) is 6.91. The number of aryl methyl sites for hydroxylation is 1. The zero-order valence-corrected chi connectivity index (χ0v) is 13.2. The Morgan fingerprint density at radius 2 is 1.50 bits per heavy atom. The van der Waals surface area contributed by atoms with Crippen LogP contribution in [-0.4, -0.2) is 0 Å². The molecular formula is C16H16Cl2F3N. The molecule has 0 aliphatic heterocycles. The maximum Gasteiger partial charge on any atom is 0.416 e. The predicted octanol–water partition coefficient (Wildman–Crippen LogP) is 5.41. The minimum Gasteiger partial charge on any atom is -0.324 e. The highest BCUT2D eigenvalue weighted by atomic mass is 35.5. The van der Waals surface area contributed by atoms with Crippen LogP contribution in [0.2, 0.25) is 5.02 Å². The Hall–Kier alpha value is -1.23. The molecule has 0 bridgehead atoms. The lowest BCUT2D eigenvalue weighted by Crippen LogP contribution is -2.11. The molecule has 0 fully saturated rings. The molecule has 1 atom stereocenters. The van der Waals surface area contributed by atoms with Crippen LogP contribution in [0.4, 0.5) is 13.2 Å². The predicted molar refractivity (Wildman–Crippen MR) is 85.4 cm³/mol. The van der Waals surface area contributed by atoms with Gasteiger partial charge in [-0.05, 0) is 48.2 Å². The van der Waals surface area contributed by atoms with E-state index in [0.29, 0.717) is 17.9 Å². The van der Waals surface area contributed by atoms with Gasteiger partial charge < -0.3 is 5.73 Å². The van der Waals surface area contributed by atoms with Gasteiger partial charge in [-0.25, -0.2) is 0 Å². The van der Waals surface area contributed by atoms with Gasteiger partial charge in [0.25, 0.3) is 0 Å². The van der Waals surface area contributed by atoms with Crippen molar-refractivity contribution in [2.45, 2.75) is 25.1 Å². The van der Waals surface area contributed by atoms with Crippen molar-refractivity contribution in [3.8, 4) is 0 Å². The van der Waals surface area contributed by atoms with Gasteiger partial charge in [-0.15, -0.1) is 12.4 Å². The second kappa shape index (κ2) is 7.86. The lowest BCUT2D eigenvalue weighted by molar-refractivity contribution is -0.137. The average Bonchev–Trinajstić information content (AvgIpc) is 2.45. The number of hydrogen-bond acceptors (Lipinski definition) is 1. The minimum atomic E-state index is -4.29. The summed E-state index contributed by atoms with van der Waals surface area (Å²) in [5.41, 5.74) is 7.24. The van der Waals surface area contributed by atoms with Crippen LogP contribution < -0.4 is 5.73 Å². The summed E-state index contributed by atoms with van der Waals surface area (Å²) in [5, 5.41) is 0.647. The van der Waals surface area contributed by atoms with E-state index in [0.717, 1.165) is 23.3 Å². The Morgan fingerprint density at radius 3 is 2.00 bits per heavy atom. The third kappa shape index (κ3) is 5.20. The molecule has 2 N–H and O–H groups in total. The van der Waals surface area contributed by atoms with Gasteiger partial charge in [-0.1, -0.05) is 35.9 Å². The van der Waals surface area contributed by atoms with Gasteiger partial charge in [0, 0.05) is 11.1 Å². The molecule has 0 saturated heterocycles. The summed E-state index contributed by atoms with van der Waals surface area (Å²) in [4.78, 5) is 0. The van der Waals surface area contributed by atoms with E-state index in [-0.39, 0.29) is 18.4 Å². The van der Waals surface area contributed by atoms with E-state index in [1.54, 1.807) is 12.1 Å². The maximum atomic E-state index is 12.5. The molecular weight excluding hydrogens is 334 g/mol. The van der Waals surface area contributed by atoms with E-state index in [1.165, 1.54) is 12.1 Å². The van der Waals surface area contributed by atoms with E-state index in [9.17, 15) is 13.2 Å². The van der Waals surface area contributed by atoms with Crippen molar-refractivity contribution in [3.05, 3.63) is 70.2 Å². The Bertz CT molecular complexity index is 580. The van der Waals surface area contributed by atoms with Crippen LogP contribution in [0.25, 0.3) is 0 Å². The van der Waals surface area contributed by atoms with Crippen molar-refractivity contribution >= 4 is 24.0 Å². The number of halogens is 5. The van der Waals surface area contributed by atoms with Crippen LogP contribution in [0.1, 0.15) is 29.2 Å². The summed E-state index contributed by atoms with van der Waals surface area (Å²) in [6, 6.07) is 12.3. The monoisotopic (exact) mass is 349 g/mol. The topological polar surface area (TPSA) is 26.0 Å². The van der Waals surface area contributed by atoms with Crippen molar-refractivity contribution in [2.75, 3.05) is 0 Å². The van der Waals surface area contributed by atoms with E-state index in [1.807, 2.05) is 12.1 Å². The minimum absolute atomic E-state index is 0. The summed E-state index contributed by atoms with van der Waals surface area (Å²) in [6.07, 6.45) is -3.01. The standard InChI is InChI=1S/C16H15ClF3N.ClH/c17-14-8-4-12(5-9-14)15(21)10-3-11-1-6-13(7-2-11)16(18,19)20;/h1-2,4-9,15H,3,10,21H2;1H. The molecule has 2 aromatic rings. The molecule has 0 saturated carbocycles. The Balaban J connectivity index is 0.00000242. The number of hydrogen-bond donors (Lipinski definition) is 1. The number of alkyl halides is 3. The van der Waals surface area contributed by atoms with Crippen LogP contribution in [0, 0.1) is 0 Å². The molecule has 1 nitrogen and oxygen atoms in total. The number of rotatable bonds is 4. The normalized spacial score (nSPS) is 12.6. The smallest absolute Gasteiger partial charge is 0.324 e. The molecule has 2 rings (SSSR count). The van der Waals surface area contributed by atoms with E-state index in [2.05, 4.69) is 0 Å².